The molecule has 1 fully saturated rings. The topological polar surface area (TPSA) is 81.2 Å². The number of hydrogen-bond acceptors (Lipinski definition) is 6. The van der Waals surface area contributed by atoms with Gasteiger partial charge in [-0.2, -0.15) is 13.2 Å². The number of alkyl halides is 3. The minimum Gasteiger partial charge on any atom is -0.505 e. The van der Waals surface area contributed by atoms with Gasteiger partial charge in [-0.1, -0.05) is 34.4 Å². The van der Waals surface area contributed by atoms with Crippen molar-refractivity contribution in [2.45, 2.75) is 31.5 Å². The summed E-state index contributed by atoms with van der Waals surface area (Å²) in [5, 5.41) is 14.0. The van der Waals surface area contributed by atoms with Crippen molar-refractivity contribution in [1.29, 1.82) is 0 Å². The minimum absolute atomic E-state index is 0.0251. The standard InChI is InChI=1S/C24H13Cl2F4N3O3S/c25-14-4-3-11-18-22(37-20(11)19(14)34)31-21(13-7-16(27)15(26)6-12(13)9-1-2-9)33(23(18)35)8-10-5-17(32-36-10)24(28,29)30/h3-7,9,34H,1-2,8H2. The largest absolute Gasteiger partial charge is 0.505 e. The highest BCUT2D eigenvalue weighted by atomic mass is 35.5. The molecule has 0 amide bonds. The molecule has 0 saturated heterocycles. The predicted molar refractivity (Wildman–Crippen MR) is 131 cm³/mol. The second kappa shape index (κ2) is 8.44. The van der Waals surface area contributed by atoms with Gasteiger partial charge in [-0.3, -0.25) is 9.36 Å². The zero-order chi connectivity index (χ0) is 26.2. The Labute approximate surface area is 218 Å². The summed E-state index contributed by atoms with van der Waals surface area (Å²) in [4.78, 5) is 18.7. The van der Waals surface area contributed by atoms with Gasteiger partial charge in [-0.15, -0.1) is 11.3 Å². The molecule has 1 saturated carbocycles. The van der Waals surface area contributed by atoms with Crippen LogP contribution in [-0.2, 0) is 12.7 Å². The number of phenolic OH excluding ortho intramolecular Hbond substituents is 1. The monoisotopic (exact) mass is 569 g/mol. The van der Waals surface area contributed by atoms with Crippen LogP contribution in [0.15, 0.2) is 39.6 Å². The van der Waals surface area contributed by atoms with Crippen molar-refractivity contribution in [2.24, 2.45) is 0 Å². The second-order valence-corrected chi connectivity index (χ2v) is 10.5. The lowest BCUT2D eigenvalue weighted by Gasteiger charge is -2.15. The van der Waals surface area contributed by atoms with Crippen LogP contribution in [0.1, 0.15) is 35.8 Å². The Kier molecular flexibility index (Phi) is 5.52. The number of nitrogens with zero attached hydrogens (tertiary/aromatic N) is 3. The number of aromatic hydroxyl groups is 1. The van der Waals surface area contributed by atoms with E-state index in [0.29, 0.717) is 27.3 Å². The SMILES string of the molecule is O=c1c2c(nc(-c3cc(F)c(Cl)cc3C3CC3)n1Cc1cc(C(F)(F)F)no1)sc1c(O)c(Cl)ccc12. The summed E-state index contributed by atoms with van der Waals surface area (Å²) < 4.78 is 60.3. The highest BCUT2D eigenvalue weighted by Gasteiger charge is 2.35. The maximum Gasteiger partial charge on any atom is 0.436 e. The minimum atomic E-state index is -4.74. The first-order chi connectivity index (χ1) is 17.5. The van der Waals surface area contributed by atoms with Crippen LogP contribution in [0.3, 0.4) is 0 Å². The van der Waals surface area contributed by atoms with Crippen LogP contribution >= 0.6 is 34.5 Å². The quantitative estimate of drug-likeness (QED) is 0.229. The van der Waals surface area contributed by atoms with Gasteiger partial charge in [0.15, 0.2) is 17.2 Å². The maximum absolute atomic E-state index is 14.7. The second-order valence-electron chi connectivity index (χ2n) is 8.69. The van der Waals surface area contributed by atoms with E-state index < -0.39 is 29.8 Å². The molecule has 1 aliphatic carbocycles. The third-order valence-electron chi connectivity index (χ3n) is 6.20. The molecule has 13 heteroatoms. The van der Waals surface area contributed by atoms with Gasteiger partial charge in [0.1, 0.15) is 16.5 Å². The molecule has 3 heterocycles. The third kappa shape index (κ3) is 4.05. The lowest BCUT2D eigenvalue weighted by molar-refractivity contribution is -0.142. The zero-order valence-electron chi connectivity index (χ0n) is 18.4. The molecule has 0 atom stereocenters. The smallest absolute Gasteiger partial charge is 0.436 e. The lowest BCUT2D eigenvalue weighted by Crippen LogP contribution is -2.24. The zero-order valence-corrected chi connectivity index (χ0v) is 20.7. The van der Waals surface area contributed by atoms with Crippen LogP contribution in [0.2, 0.25) is 10.0 Å². The number of hydrogen-bond donors (Lipinski definition) is 1. The molecule has 1 N–H and O–H groups in total. The Bertz CT molecular complexity index is 1790. The average molecular weight is 570 g/mol. The number of aromatic nitrogens is 3. The molecule has 0 radical (unpaired) electrons. The number of benzene rings is 2. The summed E-state index contributed by atoms with van der Waals surface area (Å²) in [5.74, 6) is -1.11. The van der Waals surface area contributed by atoms with Crippen LogP contribution < -0.4 is 5.56 Å². The molecule has 3 aromatic heterocycles. The van der Waals surface area contributed by atoms with Gasteiger partial charge in [-0.25, -0.2) is 9.37 Å². The summed E-state index contributed by atoms with van der Waals surface area (Å²) in [6.45, 7) is -0.453. The molecule has 6 nitrogen and oxygen atoms in total. The van der Waals surface area contributed by atoms with Crippen LogP contribution in [0.4, 0.5) is 17.6 Å². The van der Waals surface area contributed by atoms with Crippen LogP contribution in [0, 0.1) is 5.82 Å². The van der Waals surface area contributed by atoms with Crippen LogP contribution in [-0.4, -0.2) is 19.8 Å². The molecule has 1 aliphatic rings. The van der Waals surface area contributed by atoms with E-state index in [1.165, 1.54) is 18.2 Å². The number of rotatable bonds is 4. The summed E-state index contributed by atoms with van der Waals surface area (Å²) in [6, 6.07) is 6.33. The molecule has 0 spiro atoms. The highest BCUT2D eigenvalue weighted by molar-refractivity contribution is 7.25. The summed E-state index contributed by atoms with van der Waals surface area (Å²) >= 11 is 13.1. The van der Waals surface area contributed by atoms with E-state index in [9.17, 15) is 27.5 Å². The van der Waals surface area contributed by atoms with E-state index in [0.717, 1.165) is 28.7 Å². The Morgan fingerprint density at radius 2 is 1.92 bits per heavy atom. The van der Waals surface area contributed by atoms with Crippen molar-refractivity contribution in [3.05, 3.63) is 73.6 Å². The van der Waals surface area contributed by atoms with Gasteiger partial charge < -0.3 is 9.63 Å². The first-order valence-electron chi connectivity index (χ1n) is 10.9. The molecule has 0 bridgehead atoms. The van der Waals surface area contributed by atoms with Gasteiger partial charge in [-0.05, 0) is 42.5 Å². The predicted octanol–water partition coefficient (Wildman–Crippen LogP) is 7.36. The van der Waals surface area contributed by atoms with Crippen molar-refractivity contribution in [2.75, 3.05) is 0 Å². The van der Waals surface area contributed by atoms with Gasteiger partial charge >= 0.3 is 6.18 Å². The van der Waals surface area contributed by atoms with Crippen molar-refractivity contribution in [3.63, 3.8) is 0 Å². The van der Waals surface area contributed by atoms with Gasteiger partial charge in [0, 0.05) is 17.0 Å². The first-order valence-corrected chi connectivity index (χ1v) is 12.5. The first kappa shape index (κ1) is 24.2. The number of phenols is 1. The van der Waals surface area contributed by atoms with E-state index in [4.69, 9.17) is 27.7 Å². The molecule has 37 heavy (non-hydrogen) atoms. The summed E-state index contributed by atoms with van der Waals surface area (Å²) in [7, 11) is 0. The van der Waals surface area contributed by atoms with Gasteiger partial charge in [0.05, 0.1) is 26.7 Å². The number of fused-ring (bicyclic) bond motifs is 3. The van der Waals surface area contributed by atoms with Crippen LogP contribution in [0.25, 0.3) is 31.7 Å². The van der Waals surface area contributed by atoms with E-state index in [2.05, 4.69) is 10.1 Å². The molecule has 6 rings (SSSR count). The molecule has 2 aromatic carbocycles. The number of halogens is 6. The van der Waals surface area contributed by atoms with Gasteiger partial charge in [0.2, 0.25) is 0 Å². The fourth-order valence-electron chi connectivity index (χ4n) is 4.30. The van der Waals surface area contributed by atoms with Crippen molar-refractivity contribution in [1.82, 2.24) is 14.7 Å². The van der Waals surface area contributed by atoms with Crippen molar-refractivity contribution < 1.29 is 27.2 Å². The van der Waals surface area contributed by atoms with Crippen molar-refractivity contribution >= 4 is 54.8 Å². The highest BCUT2D eigenvalue weighted by Crippen LogP contribution is 2.46. The summed E-state index contributed by atoms with van der Waals surface area (Å²) in [5.41, 5.74) is -0.899. The van der Waals surface area contributed by atoms with Crippen molar-refractivity contribution in [3.8, 4) is 17.1 Å². The fourth-order valence-corrected chi connectivity index (χ4v) is 5.80. The Hall–Kier alpha value is -3.15. The Morgan fingerprint density at radius 3 is 2.59 bits per heavy atom. The lowest BCUT2D eigenvalue weighted by atomic mass is 10.0. The molecule has 5 aromatic rings. The molecule has 190 valence electrons. The van der Waals surface area contributed by atoms with E-state index in [-0.39, 0.29) is 43.5 Å². The van der Waals surface area contributed by atoms with E-state index in [1.807, 2.05) is 0 Å². The molecule has 0 aliphatic heterocycles. The molecular formula is C24H13Cl2F4N3O3S. The maximum atomic E-state index is 14.7. The van der Waals surface area contributed by atoms with Gasteiger partial charge in [0.25, 0.3) is 5.56 Å². The van der Waals surface area contributed by atoms with E-state index in [1.54, 1.807) is 6.07 Å². The number of thiophene rings is 1. The summed E-state index contributed by atoms with van der Waals surface area (Å²) in [6.07, 6.45) is -3.09. The molecule has 0 unspecified atom stereocenters. The Balaban J connectivity index is 1.65. The molecular weight excluding hydrogens is 557 g/mol. The van der Waals surface area contributed by atoms with Crippen LogP contribution in [0.5, 0.6) is 5.75 Å². The Morgan fingerprint density at radius 1 is 1.16 bits per heavy atom. The fraction of sp³-hybridized carbons (Fsp3) is 0.208. The van der Waals surface area contributed by atoms with E-state index >= 15 is 0 Å². The normalized spacial score (nSPS) is 14.2. The average Bonchev–Trinajstić information content (AvgIpc) is 3.44. The third-order valence-corrected chi connectivity index (χ3v) is 7.90.